The predicted molar refractivity (Wildman–Crippen MR) is 63.0 cm³/mol. The largest absolute Gasteiger partial charge is 0.378 e. The molecule has 2 nitrogen and oxygen atoms in total. The molecule has 1 heterocycles. The van der Waals surface area contributed by atoms with Crippen molar-refractivity contribution >= 4 is 0 Å². The van der Waals surface area contributed by atoms with Crippen molar-refractivity contribution in [2.45, 2.75) is 64.5 Å². The highest BCUT2D eigenvalue weighted by atomic mass is 16.5. The van der Waals surface area contributed by atoms with E-state index < -0.39 is 0 Å². The van der Waals surface area contributed by atoms with Crippen LogP contribution in [0.2, 0.25) is 0 Å². The molecule has 0 amide bonds. The second-order valence-corrected chi connectivity index (χ2v) is 5.36. The number of hydrogen-bond donors (Lipinski definition) is 1. The third-order valence-corrected chi connectivity index (χ3v) is 4.30. The Morgan fingerprint density at radius 2 is 2.13 bits per heavy atom. The summed E-state index contributed by atoms with van der Waals surface area (Å²) in [6.45, 7) is 6.74. The molecule has 2 fully saturated rings. The quantitative estimate of drug-likeness (QED) is 0.755. The van der Waals surface area contributed by atoms with Crippen LogP contribution in [0.15, 0.2) is 0 Å². The van der Waals surface area contributed by atoms with Crippen LogP contribution in [-0.2, 0) is 4.74 Å². The van der Waals surface area contributed by atoms with E-state index in [1.807, 2.05) is 0 Å². The van der Waals surface area contributed by atoms with Gasteiger partial charge in [0.05, 0.1) is 6.10 Å². The van der Waals surface area contributed by atoms with Crippen LogP contribution in [0.3, 0.4) is 0 Å². The van der Waals surface area contributed by atoms with E-state index in [2.05, 4.69) is 19.2 Å². The summed E-state index contributed by atoms with van der Waals surface area (Å²) >= 11 is 0. The topological polar surface area (TPSA) is 21.3 Å². The molecule has 0 bridgehead atoms. The van der Waals surface area contributed by atoms with Crippen LogP contribution < -0.4 is 5.32 Å². The standard InChI is InChI=1S/C13H25NO/c1-3-12-9-11(5-8-15-12)14-10-13(4-2)6-7-13/h11-12,14H,3-10H2,1-2H3. The highest BCUT2D eigenvalue weighted by Crippen LogP contribution is 2.48. The van der Waals surface area contributed by atoms with Gasteiger partial charge in [-0.1, -0.05) is 13.8 Å². The normalized spacial score (nSPS) is 34.0. The molecule has 0 aromatic carbocycles. The molecule has 2 atom stereocenters. The van der Waals surface area contributed by atoms with Crippen LogP contribution in [0.25, 0.3) is 0 Å². The summed E-state index contributed by atoms with van der Waals surface area (Å²) in [5.74, 6) is 0. The number of hydrogen-bond acceptors (Lipinski definition) is 2. The molecule has 0 spiro atoms. The van der Waals surface area contributed by atoms with Gasteiger partial charge in [0.1, 0.15) is 0 Å². The average Bonchev–Trinajstić information content (AvgIpc) is 3.07. The van der Waals surface area contributed by atoms with Crippen LogP contribution in [0.1, 0.15) is 52.4 Å². The molecule has 0 radical (unpaired) electrons. The second-order valence-electron chi connectivity index (χ2n) is 5.36. The van der Waals surface area contributed by atoms with E-state index >= 15 is 0 Å². The molecule has 88 valence electrons. The van der Waals surface area contributed by atoms with Crippen molar-refractivity contribution in [1.82, 2.24) is 5.32 Å². The van der Waals surface area contributed by atoms with E-state index in [0.717, 1.165) is 13.0 Å². The first-order valence-corrected chi connectivity index (χ1v) is 6.63. The van der Waals surface area contributed by atoms with Crippen molar-refractivity contribution in [2.24, 2.45) is 5.41 Å². The van der Waals surface area contributed by atoms with Gasteiger partial charge in [0.25, 0.3) is 0 Å². The predicted octanol–water partition coefficient (Wildman–Crippen LogP) is 2.72. The minimum absolute atomic E-state index is 0.507. The summed E-state index contributed by atoms with van der Waals surface area (Å²) < 4.78 is 5.69. The molecule has 2 aliphatic rings. The third kappa shape index (κ3) is 2.94. The molecule has 1 aliphatic heterocycles. The van der Waals surface area contributed by atoms with Crippen molar-refractivity contribution in [3.8, 4) is 0 Å². The molecule has 0 aromatic heterocycles. The van der Waals surface area contributed by atoms with Crippen molar-refractivity contribution in [3.05, 3.63) is 0 Å². The maximum Gasteiger partial charge on any atom is 0.0587 e. The van der Waals surface area contributed by atoms with Crippen LogP contribution in [0.4, 0.5) is 0 Å². The second kappa shape index (κ2) is 4.84. The Kier molecular flexibility index (Phi) is 3.68. The lowest BCUT2D eigenvalue weighted by Crippen LogP contribution is -2.41. The SMILES string of the molecule is CCC1CC(NCC2(CC)CC2)CCO1. The molecule has 2 unspecified atom stereocenters. The molecule has 15 heavy (non-hydrogen) atoms. The van der Waals surface area contributed by atoms with Gasteiger partial charge in [0.15, 0.2) is 0 Å². The fourth-order valence-electron chi connectivity index (χ4n) is 2.54. The number of rotatable bonds is 5. The van der Waals surface area contributed by atoms with Gasteiger partial charge in [-0.25, -0.2) is 0 Å². The molecule has 1 saturated heterocycles. The molecular formula is C13H25NO. The lowest BCUT2D eigenvalue weighted by atomic mass is 9.99. The van der Waals surface area contributed by atoms with Crippen LogP contribution in [0, 0.1) is 5.41 Å². The van der Waals surface area contributed by atoms with Gasteiger partial charge in [-0.3, -0.25) is 0 Å². The molecule has 1 N–H and O–H groups in total. The zero-order valence-corrected chi connectivity index (χ0v) is 10.2. The van der Waals surface area contributed by atoms with Crippen molar-refractivity contribution in [2.75, 3.05) is 13.2 Å². The lowest BCUT2D eigenvalue weighted by Gasteiger charge is -2.30. The highest BCUT2D eigenvalue weighted by molar-refractivity contribution is 4.94. The highest BCUT2D eigenvalue weighted by Gasteiger charge is 2.40. The summed E-state index contributed by atoms with van der Waals surface area (Å²) in [6, 6.07) is 0.715. The molecule has 1 saturated carbocycles. The Hall–Kier alpha value is -0.0800. The summed E-state index contributed by atoms with van der Waals surface area (Å²) in [7, 11) is 0. The van der Waals surface area contributed by atoms with Crippen molar-refractivity contribution in [3.63, 3.8) is 0 Å². The smallest absolute Gasteiger partial charge is 0.0587 e. The van der Waals surface area contributed by atoms with Gasteiger partial charge in [0, 0.05) is 19.2 Å². The van der Waals surface area contributed by atoms with Crippen molar-refractivity contribution < 1.29 is 4.74 Å². The van der Waals surface area contributed by atoms with Gasteiger partial charge in [-0.2, -0.15) is 0 Å². The maximum absolute atomic E-state index is 5.69. The van der Waals surface area contributed by atoms with Gasteiger partial charge in [0.2, 0.25) is 0 Å². The molecule has 2 rings (SSSR count). The summed E-state index contributed by atoms with van der Waals surface area (Å²) in [5, 5.41) is 3.76. The number of nitrogens with one attached hydrogen (secondary N) is 1. The molecule has 0 aromatic rings. The van der Waals surface area contributed by atoms with Crippen LogP contribution >= 0.6 is 0 Å². The van der Waals surface area contributed by atoms with Gasteiger partial charge < -0.3 is 10.1 Å². The summed E-state index contributed by atoms with van der Waals surface area (Å²) in [6.07, 6.45) is 8.32. The summed E-state index contributed by atoms with van der Waals surface area (Å²) in [5.41, 5.74) is 0.681. The minimum Gasteiger partial charge on any atom is -0.378 e. The van der Waals surface area contributed by atoms with E-state index in [4.69, 9.17) is 4.74 Å². The van der Waals surface area contributed by atoms with Gasteiger partial charge >= 0.3 is 0 Å². The first kappa shape index (κ1) is 11.4. The van der Waals surface area contributed by atoms with E-state index in [-0.39, 0.29) is 0 Å². The monoisotopic (exact) mass is 211 g/mol. The van der Waals surface area contributed by atoms with Gasteiger partial charge in [-0.05, 0) is 43.9 Å². The molecular weight excluding hydrogens is 186 g/mol. The fraction of sp³-hybridized carbons (Fsp3) is 1.00. The van der Waals surface area contributed by atoms with Crippen LogP contribution in [0.5, 0.6) is 0 Å². The van der Waals surface area contributed by atoms with E-state index in [1.54, 1.807) is 0 Å². The Balaban J connectivity index is 1.70. The Bertz CT molecular complexity index is 201. The Morgan fingerprint density at radius 3 is 2.73 bits per heavy atom. The maximum atomic E-state index is 5.69. The average molecular weight is 211 g/mol. The Labute approximate surface area is 93.8 Å². The van der Waals surface area contributed by atoms with Crippen LogP contribution in [-0.4, -0.2) is 25.3 Å². The lowest BCUT2D eigenvalue weighted by molar-refractivity contribution is -0.000833. The zero-order chi connectivity index (χ0) is 10.7. The van der Waals surface area contributed by atoms with E-state index in [9.17, 15) is 0 Å². The molecule has 2 heteroatoms. The number of ether oxygens (including phenoxy) is 1. The fourth-order valence-corrected chi connectivity index (χ4v) is 2.54. The first-order chi connectivity index (χ1) is 7.28. The third-order valence-electron chi connectivity index (χ3n) is 4.30. The zero-order valence-electron chi connectivity index (χ0n) is 10.2. The Morgan fingerprint density at radius 1 is 1.33 bits per heavy atom. The minimum atomic E-state index is 0.507. The van der Waals surface area contributed by atoms with Gasteiger partial charge in [-0.15, -0.1) is 0 Å². The molecule has 1 aliphatic carbocycles. The first-order valence-electron chi connectivity index (χ1n) is 6.63. The van der Waals surface area contributed by atoms with Crippen molar-refractivity contribution in [1.29, 1.82) is 0 Å². The van der Waals surface area contributed by atoms with E-state index in [0.29, 0.717) is 17.6 Å². The summed E-state index contributed by atoms with van der Waals surface area (Å²) in [4.78, 5) is 0. The van der Waals surface area contributed by atoms with E-state index in [1.165, 1.54) is 38.6 Å².